The predicted molar refractivity (Wildman–Crippen MR) is 75.1 cm³/mol. The number of nitrogens with zero attached hydrogens (tertiary/aromatic N) is 2. The number of nitrogens with one attached hydrogen (secondary N) is 3. The number of rotatable bonds is 4. The van der Waals surface area contributed by atoms with Crippen molar-refractivity contribution in [1.82, 2.24) is 20.4 Å². The van der Waals surface area contributed by atoms with Gasteiger partial charge in [0.25, 0.3) is 0 Å². The van der Waals surface area contributed by atoms with E-state index in [1.807, 2.05) is 26.8 Å². The van der Waals surface area contributed by atoms with E-state index in [0.717, 1.165) is 38.3 Å². The summed E-state index contributed by atoms with van der Waals surface area (Å²) < 4.78 is 0. The van der Waals surface area contributed by atoms with E-state index < -0.39 is 5.54 Å². The summed E-state index contributed by atoms with van der Waals surface area (Å²) in [4.78, 5) is 14.6. The van der Waals surface area contributed by atoms with Gasteiger partial charge in [0.05, 0.1) is 5.54 Å². The van der Waals surface area contributed by atoms with Crippen LogP contribution in [0, 0.1) is 0 Å². The highest BCUT2D eigenvalue weighted by molar-refractivity contribution is 5.96. The van der Waals surface area contributed by atoms with Crippen LogP contribution in [0.4, 0.5) is 5.82 Å². The number of piperazine rings is 1. The minimum absolute atomic E-state index is 0.0106. The van der Waals surface area contributed by atoms with Gasteiger partial charge in [-0.05, 0) is 20.3 Å². The Bertz CT molecular complexity index is 434. The molecule has 0 spiro atoms. The lowest BCUT2D eigenvalue weighted by Gasteiger charge is -2.39. The van der Waals surface area contributed by atoms with Gasteiger partial charge in [0.2, 0.25) is 5.91 Å². The van der Waals surface area contributed by atoms with Crippen LogP contribution in [0.1, 0.15) is 26.5 Å². The van der Waals surface area contributed by atoms with E-state index in [1.165, 1.54) is 0 Å². The van der Waals surface area contributed by atoms with Crippen LogP contribution < -0.4 is 10.6 Å². The molecule has 0 aliphatic carbocycles. The minimum Gasteiger partial charge on any atom is -0.314 e. The summed E-state index contributed by atoms with van der Waals surface area (Å²) in [6, 6.07) is 1.88. The first-order valence-electron chi connectivity index (χ1n) is 6.85. The van der Waals surface area contributed by atoms with Crippen molar-refractivity contribution in [1.29, 1.82) is 0 Å². The Hall–Kier alpha value is -1.40. The van der Waals surface area contributed by atoms with Crippen LogP contribution >= 0.6 is 0 Å². The monoisotopic (exact) mass is 265 g/mol. The summed E-state index contributed by atoms with van der Waals surface area (Å²) in [6.07, 6.45) is 0.879. The van der Waals surface area contributed by atoms with Crippen LogP contribution in [-0.4, -0.2) is 52.7 Å². The highest BCUT2D eigenvalue weighted by Gasteiger charge is 2.35. The fourth-order valence-corrected chi connectivity index (χ4v) is 2.24. The van der Waals surface area contributed by atoms with E-state index in [9.17, 15) is 4.79 Å². The van der Waals surface area contributed by atoms with Gasteiger partial charge in [-0.3, -0.25) is 14.8 Å². The molecule has 0 unspecified atom stereocenters. The van der Waals surface area contributed by atoms with E-state index >= 15 is 0 Å². The van der Waals surface area contributed by atoms with Gasteiger partial charge in [0, 0.05) is 37.9 Å². The van der Waals surface area contributed by atoms with Crippen molar-refractivity contribution in [2.75, 3.05) is 31.5 Å². The Morgan fingerprint density at radius 1 is 1.47 bits per heavy atom. The smallest absolute Gasteiger partial charge is 0.245 e. The lowest BCUT2D eigenvalue weighted by atomic mass is 10.0. The van der Waals surface area contributed by atoms with Gasteiger partial charge in [-0.25, -0.2) is 0 Å². The van der Waals surface area contributed by atoms with Gasteiger partial charge in [-0.1, -0.05) is 6.92 Å². The molecule has 0 saturated carbocycles. The molecule has 0 bridgehead atoms. The van der Waals surface area contributed by atoms with E-state index in [0.29, 0.717) is 5.82 Å². The molecule has 1 aliphatic heterocycles. The standard InChI is InChI=1S/C13H23N5O/c1-4-10-9-11(17-16-10)15-12(19)13(2,3)18-7-5-14-6-8-18/h9,14H,4-8H2,1-3H3,(H2,15,16,17,19). The Kier molecular flexibility index (Phi) is 4.21. The van der Waals surface area contributed by atoms with Gasteiger partial charge >= 0.3 is 0 Å². The molecule has 2 rings (SSSR count). The molecule has 1 aliphatic rings. The predicted octanol–water partition coefficient (Wildman–Crippen LogP) is 0.594. The van der Waals surface area contributed by atoms with Gasteiger partial charge in [0.15, 0.2) is 5.82 Å². The summed E-state index contributed by atoms with van der Waals surface area (Å²) in [6.45, 7) is 9.60. The number of carbonyl (C=O) groups is 1. The van der Waals surface area contributed by atoms with Crippen LogP contribution in [0.3, 0.4) is 0 Å². The molecular weight excluding hydrogens is 242 g/mol. The Morgan fingerprint density at radius 2 is 2.16 bits per heavy atom. The zero-order valence-corrected chi connectivity index (χ0v) is 11.9. The van der Waals surface area contributed by atoms with Gasteiger partial charge < -0.3 is 10.6 Å². The molecule has 1 aromatic rings. The quantitative estimate of drug-likeness (QED) is 0.745. The number of hydrogen-bond acceptors (Lipinski definition) is 4. The maximum Gasteiger partial charge on any atom is 0.245 e. The first-order valence-corrected chi connectivity index (χ1v) is 6.85. The molecule has 1 fully saturated rings. The van der Waals surface area contributed by atoms with Crippen LogP contribution in [0.15, 0.2) is 6.07 Å². The molecule has 1 saturated heterocycles. The Labute approximate surface area is 113 Å². The summed E-state index contributed by atoms with van der Waals surface area (Å²) in [5.74, 6) is 0.591. The molecule has 0 radical (unpaired) electrons. The fourth-order valence-electron chi connectivity index (χ4n) is 2.24. The second kappa shape index (κ2) is 5.71. The summed E-state index contributed by atoms with van der Waals surface area (Å²) >= 11 is 0. The molecule has 1 aromatic heterocycles. The number of aromatic amines is 1. The Balaban J connectivity index is 2.00. The number of aromatic nitrogens is 2. The van der Waals surface area contributed by atoms with Crippen LogP contribution in [0.25, 0.3) is 0 Å². The van der Waals surface area contributed by atoms with Crippen LogP contribution in [0.2, 0.25) is 0 Å². The molecule has 1 amide bonds. The summed E-state index contributed by atoms with van der Waals surface area (Å²) in [5, 5.41) is 13.2. The van der Waals surface area contributed by atoms with Crippen molar-refractivity contribution in [2.24, 2.45) is 0 Å². The van der Waals surface area contributed by atoms with Crippen molar-refractivity contribution in [3.8, 4) is 0 Å². The first kappa shape index (κ1) is 14.0. The van der Waals surface area contributed by atoms with Crippen molar-refractivity contribution in [3.05, 3.63) is 11.8 Å². The first-order chi connectivity index (χ1) is 9.04. The summed E-state index contributed by atoms with van der Waals surface area (Å²) in [7, 11) is 0. The largest absolute Gasteiger partial charge is 0.314 e. The van der Waals surface area contributed by atoms with Crippen LogP contribution in [-0.2, 0) is 11.2 Å². The maximum atomic E-state index is 12.4. The minimum atomic E-state index is -0.520. The molecule has 6 heteroatoms. The van der Waals surface area contributed by atoms with Crippen molar-refractivity contribution in [2.45, 2.75) is 32.7 Å². The average Bonchev–Trinajstić information content (AvgIpc) is 2.87. The van der Waals surface area contributed by atoms with Crippen LogP contribution in [0.5, 0.6) is 0 Å². The lowest BCUT2D eigenvalue weighted by Crippen LogP contribution is -2.58. The number of aryl methyl sites for hydroxylation is 1. The SMILES string of the molecule is CCc1cc(NC(=O)C(C)(C)N2CCNCC2)n[nH]1. The lowest BCUT2D eigenvalue weighted by molar-refractivity contribution is -0.126. The second-order valence-corrected chi connectivity index (χ2v) is 5.38. The molecule has 6 nitrogen and oxygen atoms in total. The third-order valence-electron chi connectivity index (χ3n) is 3.72. The molecule has 3 N–H and O–H groups in total. The number of carbonyl (C=O) groups excluding carboxylic acids is 1. The Morgan fingerprint density at radius 3 is 2.74 bits per heavy atom. The van der Waals surface area contributed by atoms with Crippen molar-refractivity contribution < 1.29 is 4.79 Å². The van der Waals surface area contributed by atoms with E-state index in [4.69, 9.17) is 0 Å². The van der Waals surface area contributed by atoms with Crippen molar-refractivity contribution in [3.63, 3.8) is 0 Å². The zero-order valence-electron chi connectivity index (χ0n) is 11.9. The number of anilines is 1. The zero-order chi connectivity index (χ0) is 13.9. The molecule has 19 heavy (non-hydrogen) atoms. The topological polar surface area (TPSA) is 73.1 Å². The molecule has 2 heterocycles. The molecular formula is C13H23N5O. The van der Waals surface area contributed by atoms with Gasteiger partial charge in [0.1, 0.15) is 0 Å². The number of H-pyrrole nitrogens is 1. The maximum absolute atomic E-state index is 12.4. The van der Waals surface area contributed by atoms with E-state index in [2.05, 4.69) is 25.7 Å². The average molecular weight is 265 g/mol. The highest BCUT2D eigenvalue weighted by atomic mass is 16.2. The van der Waals surface area contributed by atoms with Gasteiger partial charge in [-0.15, -0.1) is 0 Å². The third-order valence-corrected chi connectivity index (χ3v) is 3.72. The number of amides is 1. The van der Waals surface area contributed by atoms with E-state index in [1.54, 1.807) is 0 Å². The van der Waals surface area contributed by atoms with E-state index in [-0.39, 0.29) is 5.91 Å². The molecule has 106 valence electrons. The van der Waals surface area contributed by atoms with Crippen molar-refractivity contribution >= 4 is 11.7 Å². The summed E-state index contributed by atoms with van der Waals surface area (Å²) in [5.41, 5.74) is 0.503. The fraction of sp³-hybridized carbons (Fsp3) is 0.692. The second-order valence-electron chi connectivity index (χ2n) is 5.38. The molecule has 0 aromatic carbocycles. The highest BCUT2D eigenvalue weighted by Crippen LogP contribution is 2.18. The number of hydrogen-bond donors (Lipinski definition) is 3. The normalized spacial score (nSPS) is 17.4. The third kappa shape index (κ3) is 3.13. The molecule has 0 atom stereocenters. The van der Waals surface area contributed by atoms with Gasteiger partial charge in [-0.2, -0.15) is 5.10 Å².